The summed E-state index contributed by atoms with van der Waals surface area (Å²) in [5, 5.41) is 3.93. The first-order chi connectivity index (χ1) is 8.10. The zero-order chi connectivity index (χ0) is 14.1. The van der Waals surface area contributed by atoms with Gasteiger partial charge in [-0.3, -0.25) is 4.68 Å². The average Bonchev–Trinajstić information content (AvgIpc) is 2.51. The minimum Gasteiger partial charge on any atom is -0.325 e. The molecular formula is C9H17ClF2N4O2S. The second-order valence-electron chi connectivity index (χ2n) is 4.01. The van der Waals surface area contributed by atoms with Gasteiger partial charge in [-0.25, -0.2) is 21.9 Å². The van der Waals surface area contributed by atoms with Crippen LogP contribution in [0.25, 0.3) is 0 Å². The summed E-state index contributed by atoms with van der Waals surface area (Å²) in [6.07, 6.45) is 0. The lowest BCUT2D eigenvalue weighted by atomic mass is 10.3. The highest BCUT2D eigenvalue weighted by molar-refractivity contribution is 7.89. The SMILES string of the molecule is Cc1nn(C)c(C)c1S(=O)(=O)NCC(F)(F)CN.Cl. The number of aromatic nitrogens is 2. The van der Waals surface area contributed by atoms with E-state index in [1.54, 1.807) is 14.0 Å². The van der Waals surface area contributed by atoms with Crippen LogP contribution in [0, 0.1) is 13.8 Å². The number of sulfonamides is 1. The van der Waals surface area contributed by atoms with E-state index in [1.165, 1.54) is 11.6 Å². The molecule has 0 aliphatic carbocycles. The van der Waals surface area contributed by atoms with E-state index in [1.807, 2.05) is 4.72 Å². The molecule has 0 aromatic carbocycles. The molecule has 0 aliphatic rings. The monoisotopic (exact) mass is 318 g/mol. The molecule has 6 nitrogen and oxygen atoms in total. The molecule has 112 valence electrons. The van der Waals surface area contributed by atoms with Gasteiger partial charge in [-0.15, -0.1) is 12.4 Å². The largest absolute Gasteiger partial charge is 0.325 e. The molecule has 0 aliphatic heterocycles. The van der Waals surface area contributed by atoms with Gasteiger partial charge in [0.15, 0.2) is 0 Å². The molecule has 10 heteroatoms. The summed E-state index contributed by atoms with van der Waals surface area (Å²) in [4.78, 5) is -0.0715. The second-order valence-corrected chi connectivity index (χ2v) is 5.71. The molecule has 0 atom stereocenters. The van der Waals surface area contributed by atoms with Crippen LogP contribution in [0.15, 0.2) is 4.90 Å². The fourth-order valence-electron chi connectivity index (χ4n) is 1.49. The Bertz CT molecular complexity index is 545. The lowest BCUT2D eigenvalue weighted by Crippen LogP contribution is -2.41. The summed E-state index contributed by atoms with van der Waals surface area (Å²) < 4.78 is 52.9. The van der Waals surface area contributed by atoms with Crippen molar-refractivity contribution in [2.75, 3.05) is 13.1 Å². The zero-order valence-electron chi connectivity index (χ0n) is 10.8. The lowest BCUT2D eigenvalue weighted by Gasteiger charge is -2.14. The van der Waals surface area contributed by atoms with E-state index in [0.717, 1.165) is 0 Å². The van der Waals surface area contributed by atoms with Gasteiger partial charge in [-0.2, -0.15) is 5.10 Å². The molecule has 1 aromatic rings. The first-order valence-electron chi connectivity index (χ1n) is 5.18. The number of rotatable bonds is 5. The molecule has 0 bridgehead atoms. The molecule has 0 saturated heterocycles. The smallest absolute Gasteiger partial charge is 0.273 e. The highest BCUT2D eigenvalue weighted by Gasteiger charge is 2.31. The molecule has 0 fully saturated rings. The number of alkyl halides is 2. The predicted molar refractivity (Wildman–Crippen MR) is 69.1 cm³/mol. The number of aryl methyl sites for hydroxylation is 2. The van der Waals surface area contributed by atoms with Crippen LogP contribution in [-0.4, -0.2) is 37.2 Å². The normalized spacial score (nSPS) is 12.3. The quantitative estimate of drug-likeness (QED) is 0.818. The number of nitrogens with one attached hydrogen (secondary N) is 1. The van der Waals surface area contributed by atoms with Gasteiger partial charge in [-0.05, 0) is 13.8 Å². The van der Waals surface area contributed by atoms with Gasteiger partial charge in [0.2, 0.25) is 10.0 Å². The van der Waals surface area contributed by atoms with Crippen molar-refractivity contribution in [2.45, 2.75) is 24.7 Å². The van der Waals surface area contributed by atoms with Gasteiger partial charge in [0.1, 0.15) is 4.90 Å². The van der Waals surface area contributed by atoms with Crippen LogP contribution in [-0.2, 0) is 17.1 Å². The van der Waals surface area contributed by atoms with E-state index >= 15 is 0 Å². The van der Waals surface area contributed by atoms with Gasteiger partial charge in [-0.1, -0.05) is 0 Å². The van der Waals surface area contributed by atoms with Gasteiger partial charge >= 0.3 is 0 Å². The van der Waals surface area contributed by atoms with Crippen LogP contribution in [0.5, 0.6) is 0 Å². The van der Waals surface area contributed by atoms with Crippen LogP contribution < -0.4 is 10.5 Å². The molecule has 1 rings (SSSR count). The maximum atomic E-state index is 12.9. The molecular weight excluding hydrogens is 302 g/mol. The molecule has 0 unspecified atom stereocenters. The third kappa shape index (κ3) is 4.10. The van der Waals surface area contributed by atoms with Crippen LogP contribution in [0.1, 0.15) is 11.4 Å². The summed E-state index contributed by atoms with van der Waals surface area (Å²) >= 11 is 0. The maximum absolute atomic E-state index is 12.9. The Morgan fingerprint density at radius 1 is 1.42 bits per heavy atom. The number of halogens is 3. The third-order valence-corrected chi connectivity index (χ3v) is 4.18. The number of nitrogens with zero attached hydrogens (tertiary/aromatic N) is 2. The number of hydrogen-bond donors (Lipinski definition) is 2. The highest BCUT2D eigenvalue weighted by atomic mass is 35.5. The van der Waals surface area contributed by atoms with Crippen molar-refractivity contribution in [3.8, 4) is 0 Å². The Hall–Kier alpha value is -0.770. The summed E-state index contributed by atoms with van der Waals surface area (Å²) in [7, 11) is -2.43. The van der Waals surface area contributed by atoms with Crippen LogP contribution in [0.3, 0.4) is 0 Å². The van der Waals surface area contributed by atoms with Gasteiger partial charge in [0.25, 0.3) is 5.92 Å². The topological polar surface area (TPSA) is 90.0 Å². The van der Waals surface area contributed by atoms with Crippen LogP contribution >= 0.6 is 12.4 Å². The van der Waals surface area contributed by atoms with E-state index < -0.39 is 29.0 Å². The Kier molecular flexibility index (Phi) is 5.87. The van der Waals surface area contributed by atoms with Crippen LogP contribution in [0.2, 0.25) is 0 Å². The van der Waals surface area contributed by atoms with Crippen molar-refractivity contribution in [3.63, 3.8) is 0 Å². The Morgan fingerprint density at radius 3 is 2.32 bits per heavy atom. The predicted octanol–water partition coefficient (Wildman–Crippen LogP) is 0.331. The first-order valence-corrected chi connectivity index (χ1v) is 6.67. The molecule has 19 heavy (non-hydrogen) atoms. The average molecular weight is 319 g/mol. The first kappa shape index (κ1) is 18.2. The third-order valence-electron chi connectivity index (χ3n) is 2.53. The molecule has 1 aromatic heterocycles. The fraction of sp³-hybridized carbons (Fsp3) is 0.667. The number of hydrogen-bond acceptors (Lipinski definition) is 4. The Labute approximate surface area is 116 Å². The summed E-state index contributed by atoms with van der Waals surface area (Å²) in [6, 6.07) is 0. The Balaban J connectivity index is 0.00000324. The molecule has 0 amide bonds. The van der Waals surface area contributed by atoms with Gasteiger partial charge < -0.3 is 5.73 Å². The lowest BCUT2D eigenvalue weighted by molar-refractivity contribution is 0.0170. The molecule has 1 heterocycles. The van der Waals surface area contributed by atoms with E-state index in [0.29, 0.717) is 5.69 Å². The summed E-state index contributed by atoms with van der Waals surface area (Å²) in [5.41, 5.74) is 5.48. The van der Waals surface area contributed by atoms with Crippen molar-refractivity contribution in [1.82, 2.24) is 14.5 Å². The molecule has 0 saturated carbocycles. The maximum Gasteiger partial charge on any atom is 0.273 e. The van der Waals surface area contributed by atoms with E-state index in [4.69, 9.17) is 5.73 Å². The molecule has 0 spiro atoms. The zero-order valence-corrected chi connectivity index (χ0v) is 12.4. The van der Waals surface area contributed by atoms with Gasteiger partial charge in [0.05, 0.1) is 24.5 Å². The fourth-order valence-corrected chi connectivity index (χ4v) is 2.98. The summed E-state index contributed by atoms with van der Waals surface area (Å²) in [5.74, 6) is -3.27. The van der Waals surface area contributed by atoms with Gasteiger partial charge in [0, 0.05) is 7.05 Å². The van der Waals surface area contributed by atoms with Crippen molar-refractivity contribution in [2.24, 2.45) is 12.8 Å². The van der Waals surface area contributed by atoms with Crippen LogP contribution in [0.4, 0.5) is 8.78 Å². The molecule has 3 N–H and O–H groups in total. The molecule has 0 radical (unpaired) electrons. The standard InChI is InChI=1S/C9H16F2N4O2S.ClH/c1-6-8(7(2)15(3)14-6)18(16,17)13-5-9(10,11)4-12;/h13H,4-5,12H2,1-3H3;1H. The van der Waals surface area contributed by atoms with Crippen molar-refractivity contribution in [3.05, 3.63) is 11.4 Å². The minimum atomic E-state index is -4.01. The van der Waals surface area contributed by atoms with E-state index in [2.05, 4.69) is 5.10 Å². The summed E-state index contributed by atoms with van der Waals surface area (Å²) in [6.45, 7) is 1.11. The second kappa shape index (κ2) is 6.12. The van der Waals surface area contributed by atoms with Crippen molar-refractivity contribution < 1.29 is 17.2 Å². The number of nitrogens with two attached hydrogens (primary N) is 1. The van der Waals surface area contributed by atoms with E-state index in [-0.39, 0.29) is 23.0 Å². The highest BCUT2D eigenvalue weighted by Crippen LogP contribution is 2.19. The Morgan fingerprint density at radius 2 is 1.95 bits per heavy atom. The van der Waals surface area contributed by atoms with E-state index in [9.17, 15) is 17.2 Å². The van der Waals surface area contributed by atoms with Crippen molar-refractivity contribution in [1.29, 1.82) is 0 Å². The minimum absolute atomic E-state index is 0. The van der Waals surface area contributed by atoms with Crippen molar-refractivity contribution >= 4 is 22.4 Å².